The summed E-state index contributed by atoms with van der Waals surface area (Å²) < 4.78 is 13.1. The van der Waals surface area contributed by atoms with Crippen molar-refractivity contribution in [3.63, 3.8) is 0 Å². The van der Waals surface area contributed by atoms with Crippen LogP contribution in [0.3, 0.4) is 0 Å². The lowest BCUT2D eigenvalue weighted by molar-refractivity contribution is 0.664. The van der Waals surface area contributed by atoms with Crippen LogP contribution in [0.1, 0.15) is 0 Å². The van der Waals surface area contributed by atoms with Crippen molar-refractivity contribution in [2.24, 2.45) is 0 Å². The lowest BCUT2D eigenvalue weighted by Crippen LogP contribution is -2.10. The van der Waals surface area contributed by atoms with Crippen molar-refractivity contribution in [3.8, 4) is 11.1 Å². The van der Waals surface area contributed by atoms with Gasteiger partial charge in [0.15, 0.2) is 5.58 Å². The molecule has 0 fully saturated rings. The summed E-state index contributed by atoms with van der Waals surface area (Å²) in [6.45, 7) is 0. The summed E-state index contributed by atoms with van der Waals surface area (Å²) in [5.74, 6) is 0. The predicted molar refractivity (Wildman–Crippen MR) is 179 cm³/mol. The molecule has 0 aliphatic heterocycles. The third kappa shape index (κ3) is 3.83. The zero-order valence-electron chi connectivity index (χ0n) is 23.2. The van der Waals surface area contributed by atoms with Gasteiger partial charge in [-0.3, -0.25) is 0 Å². The minimum absolute atomic E-state index is 0.842. The van der Waals surface area contributed by atoms with E-state index in [9.17, 15) is 0 Å². The normalized spacial score (nSPS) is 11.7. The zero-order chi connectivity index (χ0) is 28.3. The average Bonchev–Trinajstić information content (AvgIpc) is 3.62. The SMILES string of the molecule is c1ccc(-c2ccc3oc4cc5c(cc4c3c2)oc2c(N(c3ccccc3)c3ccc4ccccc4c3)cccc25)cc1. The molecular formula is C40H25NO2. The Kier molecular flexibility index (Phi) is 5.20. The standard InChI is InChI=1S/C40H25NO2/c1-3-10-26(11-4-1)29-19-21-37-33(23-29)35-25-39-34(24-38(35)42-37)32-16-9-17-36(40(32)43-39)41(30-14-5-2-6-15-30)31-20-18-27-12-7-8-13-28(27)22-31/h1-25H. The first-order valence-corrected chi connectivity index (χ1v) is 14.5. The molecule has 0 saturated carbocycles. The van der Waals surface area contributed by atoms with Crippen LogP contribution in [-0.4, -0.2) is 0 Å². The predicted octanol–water partition coefficient (Wildman–Crippen LogP) is 11.8. The molecule has 7 aromatic carbocycles. The van der Waals surface area contributed by atoms with Crippen LogP contribution in [0, 0.1) is 0 Å². The Labute approximate surface area is 247 Å². The van der Waals surface area contributed by atoms with Gasteiger partial charge in [-0.05, 0) is 76.5 Å². The van der Waals surface area contributed by atoms with E-state index < -0.39 is 0 Å². The number of rotatable bonds is 4. The van der Waals surface area contributed by atoms with E-state index in [4.69, 9.17) is 8.83 Å². The maximum Gasteiger partial charge on any atom is 0.159 e. The molecule has 3 nitrogen and oxygen atoms in total. The van der Waals surface area contributed by atoms with E-state index in [-0.39, 0.29) is 0 Å². The Balaban J connectivity index is 1.26. The van der Waals surface area contributed by atoms with Crippen molar-refractivity contribution < 1.29 is 8.83 Å². The molecule has 0 amide bonds. The fraction of sp³-hybridized carbons (Fsp3) is 0. The Morgan fingerprint density at radius 2 is 1.07 bits per heavy atom. The quantitative estimate of drug-likeness (QED) is 0.218. The molecule has 202 valence electrons. The molecule has 9 rings (SSSR count). The van der Waals surface area contributed by atoms with Crippen LogP contribution in [0.15, 0.2) is 160 Å². The van der Waals surface area contributed by atoms with Gasteiger partial charge in [-0.2, -0.15) is 0 Å². The maximum absolute atomic E-state index is 6.75. The third-order valence-corrected chi connectivity index (χ3v) is 8.42. The van der Waals surface area contributed by atoms with Gasteiger partial charge in [0.05, 0.1) is 5.69 Å². The first-order valence-electron chi connectivity index (χ1n) is 14.5. The number of hydrogen-bond donors (Lipinski definition) is 0. The van der Waals surface area contributed by atoms with Crippen LogP contribution in [0.2, 0.25) is 0 Å². The fourth-order valence-electron chi connectivity index (χ4n) is 6.36. The molecule has 0 aliphatic carbocycles. The van der Waals surface area contributed by atoms with Crippen molar-refractivity contribution in [2.75, 3.05) is 4.90 Å². The highest BCUT2D eigenvalue weighted by Gasteiger charge is 2.21. The second-order valence-corrected chi connectivity index (χ2v) is 11.0. The summed E-state index contributed by atoms with van der Waals surface area (Å²) in [5.41, 5.74) is 8.90. The Morgan fingerprint density at radius 1 is 0.372 bits per heavy atom. The van der Waals surface area contributed by atoms with Crippen molar-refractivity contribution in [1.82, 2.24) is 0 Å². The van der Waals surface area contributed by atoms with Gasteiger partial charge in [-0.25, -0.2) is 0 Å². The molecule has 0 atom stereocenters. The highest BCUT2D eigenvalue weighted by molar-refractivity contribution is 6.17. The number of furan rings is 2. The molecular weight excluding hydrogens is 526 g/mol. The van der Waals surface area contributed by atoms with Gasteiger partial charge in [-0.1, -0.05) is 97.1 Å². The average molecular weight is 552 g/mol. The van der Waals surface area contributed by atoms with Crippen molar-refractivity contribution in [2.45, 2.75) is 0 Å². The molecule has 0 aliphatic rings. The van der Waals surface area contributed by atoms with Crippen LogP contribution in [0.5, 0.6) is 0 Å². The van der Waals surface area contributed by atoms with Gasteiger partial charge in [0.2, 0.25) is 0 Å². The Bertz CT molecular complexity index is 2450. The largest absolute Gasteiger partial charge is 0.456 e. The van der Waals surface area contributed by atoms with Crippen molar-refractivity contribution in [3.05, 3.63) is 152 Å². The first kappa shape index (κ1) is 23.9. The third-order valence-electron chi connectivity index (χ3n) is 8.42. The molecule has 3 heteroatoms. The monoisotopic (exact) mass is 551 g/mol. The second-order valence-electron chi connectivity index (χ2n) is 11.0. The number of hydrogen-bond acceptors (Lipinski definition) is 3. The van der Waals surface area contributed by atoms with Gasteiger partial charge in [0, 0.05) is 32.9 Å². The van der Waals surface area contributed by atoms with Crippen LogP contribution in [0.4, 0.5) is 17.1 Å². The number of fused-ring (bicyclic) bond motifs is 7. The molecule has 2 aromatic heterocycles. The first-order chi connectivity index (χ1) is 21.3. The van der Waals surface area contributed by atoms with Crippen molar-refractivity contribution in [1.29, 1.82) is 0 Å². The van der Waals surface area contributed by atoms with Gasteiger partial charge < -0.3 is 13.7 Å². The Hall–Kier alpha value is -5.80. The molecule has 2 heterocycles. The number of anilines is 3. The van der Waals surface area contributed by atoms with Gasteiger partial charge in [0.1, 0.15) is 16.7 Å². The lowest BCUT2D eigenvalue weighted by Gasteiger charge is -2.25. The van der Waals surface area contributed by atoms with E-state index >= 15 is 0 Å². The van der Waals surface area contributed by atoms with E-state index in [1.165, 1.54) is 16.3 Å². The van der Waals surface area contributed by atoms with Crippen LogP contribution in [-0.2, 0) is 0 Å². The summed E-state index contributed by atoms with van der Waals surface area (Å²) in [6, 6.07) is 53.1. The van der Waals surface area contributed by atoms with E-state index in [0.717, 1.165) is 66.5 Å². The van der Waals surface area contributed by atoms with Gasteiger partial charge in [-0.15, -0.1) is 0 Å². The lowest BCUT2D eigenvalue weighted by atomic mass is 10.0. The highest BCUT2D eigenvalue weighted by atomic mass is 16.3. The summed E-state index contributed by atoms with van der Waals surface area (Å²) in [4.78, 5) is 2.28. The minimum Gasteiger partial charge on any atom is -0.456 e. The van der Waals surface area contributed by atoms with E-state index in [1.54, 1.807) is 0 Å². The topological polar surface area (TPSA) is 29.5 Å². The van der Waals surface area contributed by atoms with Crippen LogP contribution >= 0.6 is 0 Å². The summed E-state index contributed by atoms with van der Waals surface area (Å²) in [5, 5.41) is 6.64. The number of benzene rings is 7. The fourth-order valence-corrected chi connectivity index (χ4v) is 6.36. The molecule has 0 N–H and O–H groups in total. The van der Waals surface area contributed by atoms with Gasteiger partial charge in [0.25, 0.3) is 0 Å². The molecule has 9 aromatic rings. The van der Waals surface area contributed by atoms with Crippen molar-refractivity contribution >= 4 is 71.7 Å². The zero-order valence-corrected chi connectivity index (χ0v) is 23.2. The number of nitrogens with zero attached hydrogens (tertiary/aromatic N) is 1. The van der Waals surface area contributed by atoms with Gasteiger partial charge >= 0.3 is 0 Å². The Morgan fingerprint density at radius 3 is 1.91 bits per heavy atom. The maximum atomic E-state index is 6.75. The highest BCUT2D eigenvalue weighted by Crippen LogP contribution is 2.44. The van der Waals surface area contributed by atoms with E-state index in [1.807, 2.05) is 12.1 Å². The number of para-hydroxylation sites is 2. The summed E-state index contributed by atoms with van der Waals surface area (Å²) >= 11 is 0. The molecule has 0 saturated heterocycles. The molecule has 43 heavy (non-hydrogen) atoms. The molecule has 0 bridgehead atoms. The molecule has 0 unspecified atom stereocenters. The smallest absolute Gasteiger partial charge is 0.159 e. The molecule has 0 spiro atoms. The van der Waals surface area contributed by atoms with E-state index in [2.05, 4.69) is 144 Å². The summed E-state index contributed by atoms with van der Waals surface area (Å²) in [6.07, 6.45) is 0. The van der Waals surface area contributed by atoms with Crippen LogP contribution < -0.4 is 4.90 Å². The summed E-state index contributed by atoms with van der Waals surface area (Å²) in [7, 11) is 0. The second kappa shape index (κ2) is 9.37. The molecule has 0 radical (unpaired) electrons. The van der Waals surface area contributed by atoms with Crippen LogP contribution in [0.25, 0.3) is 65.8 Å². The minimum atomic E-state index is 0.842. The van der Waals surface area contributed by atoms with E-state index in [0.29, 0.717) is 0 Å².